The first kappa shape index (κ1) is 41.1. The minimum absolute atomic E-state index is 0.102. The SMILES string of the molecule is CCC1OC(=O)C(C)C(OC2CC(C)(OC)C(O)C(C)O2)C(C)C(OC2OC(C)CC(N(C)C)C2O)C(C)(O)CC(C)C2=C(C)C(=O)C1(C)O2. The Morgan fingerprint density at radius 3 is 2.20 bits per heavy atom. The van der Waals surface area contributed by atoms with Crippen LogP contribution in [0.15, 0.2) is 11.3 Å². The molecule has 0 spiro atoms. The number of ether oxygens (including phenoxy) is 7. The molecule has 4 aliphatic heterocycles. The predicted molar refractivity (Wildman–Crippen MR) is 183 cm³/mol. The molecule has 13 nitrogen and oxygen atoms in total. The second-order valence-corrected chi connectivity index (χ2v) is 16.1. The Kier molecular flexibility index (Phi) is 12.6. The number of nitrogens with zero attached hydrogens (tertiary/aromatic N) is 1. The maximum Gasteiger partial charge on any atom is 0.311 e. The molecule has 288 valence electrons. The number of hydrogen-bond acceptors (Lipinski definition) is 13. The molecule has 13 heteroatoms. The van der Waals surface area contributed by atoms with E-state index >= 15 is 0 Å². The van der Waals surface area contributed by atoms with Crippen LogP contribution in [0.5, 0.6) is 0 Å². The number of methoxy groups -OCH3 is 1. The van der Waals surface area contributed by atoms with E-state index in [1.165, 1.54) is 7.11 Å². The van der Waals surface area contributed by atoms with E-state index in [1.54, 1.807) is 41.5 Å². The number of carbonyl (C=O) groups is 2. The van der Waals surface area contributed by atoms with Gasteiger partial charge in [-0.25, -0.2) is 0 Å². The third-order valence-corrected chi connectivity index (χ3v) is 11.7. The smallest absolute Gasteiger partial charge is 0.311 e. The van der Waals surface area contributed by atoms with Gasteiger partial charge in [-0.15, -0.1) is 0 Å². The molecule has 4 heterocycles. The fourth-order valence-electron chi connectivity index (χ4n) is 8.59. The zero-order valence-electron chi connectivity index (χ0n) is 32.3. The molecule has 0 aromatic carbocycles. The van der Waals surface area contributed by atoms with Gasteiger partial charge in [0.1, 0.15) is 24.1 Å². The molecule has 16 atom stereocenters. The number of hydrogen-bond donors (Lipinski definition) is 3. The molecule has 3 fully saturated rings. The summed E-state index contributed by atoms with van der Waals surface area (Å²) >= 11 is 0. The highest BCUT2D eigenvalue weighted by Gasteiger charge is 2.56. The van der Waals surface area contributed by atoms with Crippen LogP contribution in [0.2, 0.25) is 0 Å². The van der Waals surface area contributed by atoms with Crippen LogP contribution in [0.4, 0.5) is 0 Å². The first-order chi connectivity index (χ1) is 23.1. The number of carbonyl (C=O) groups excluding carboxylic acids is 2. The molecule has 3 N–H and O–H groups in total. The zero-order chi connectivity index (χ0) is 37.7. The van der Waals surface area contributed by atoms with Crippen molar-refractivity contribution >= 4 is 11.8 Å². The Morgan fingerprint density at radius 1 is 0.980 bits per heavy atom. The van der Waals surface area contributed by atoms with Crippen molar-refractivity contribution in [1.29, 1.82) is 0 Å². The molecule has 0 aromatic rings. The molecule has 50 heavy (non-hydrogen) atoms. The van der Waals surface area contributed by atoms with Gasteiger partial charge in [0, 0.05) is 37.0 Å². The number of aliphatic hydroxyl groups is 3. The Labute approximate surface area is 297 Å². The molecule has 3 saturated heterocycles. The van der Waals surface area contributed by atoms with Crippen LogP contribution in [0, 0.1) is 17.8 Å². The van der Waals surface area contributed by atoms with Crippen molar-refractivity contribution in [3.05, 3.63) is 11.3 Å². The topological polar surface area (TPSA) is 163 Å². The normalized spacial score (nSPS) is 48.1. The number of allylic oxidation sites excluding steroid dienone is 1. The minimum Gasteiger partial charge on any atom is -0.479 e. The fraction of sp³-hybridized carbons (Fsp3) is 0.892. The lowest BCUT2D eigenvalue weighted by Gasteiger charge is -2.48. The number of aliphatic hydroxyl groups excluding tert-OH is 2. The molecular formula is C37H63NO12. The standard InChI is InChI=1S/C37H63NO12/c1-14-25-37(10)30(40)20(4)28(50-37)18(2)16-35(8,43)32(49-34-27(39)24(38(11)12)15-19(3)45-34)21(5)29(22(6)33(42)47-25)48-26-17-36(9,44-13)31(41)23(7)46-26/h18-19,21-27,29,31-32,34,39,41,43H,14-17H2,1-13H3. The van der Waals surface area contributed by atoms with E-state index in [-0.39, 0.29) is 30.8 Å². The van der Waals surface area contributed by atoms with Crippen LogP contribution in [0.3, 0.4) is 0 Å². The van der Waals surface area contributed by atoms with E-state index in [4.69, 9.17) is 33.2 Å². The summed E-state index contributed by atoms with van der Waals surface area (Å²) in [5.41, 5.74) is -3.67. The van der Waals surface area contributed by atoms with Crippen LogP contribution < -0.4 is 0 Å². The summed E-state index contributed by atoms with van der Waals surface area (Å²) in [6.07, 6.45) is -6.74. The molecule has 0 radical (unpaired) electrons. The van der Waals surface area contributed by atoms with E-state index in [0.29, 0.717) is 24.2 Å². The highest BCUT2D eigenvalue weighted by molar-refractivity contribution is 6.04. The van der Waals surface area contributed by atoms with Gasteiger partial charge in [0.2, 0.25) is 11.4 Å². The summed E-state index contributed by atoms with van der Waals surface area (Å²) in [5.74, 6) is -2.61. The summed E-state index contributed by atoms with van der Waals surface area (Å²) in [7, 11) is 5.27. The molecule has 4 aliphatic rings. The molecule has 0 saturated carbocycles. The van der Waals surface area contributed by atoms with Crippen molar-refractivity contribution in [3.8, 4) is 0 Å². The summed E-state index contributed by atoms with van der Waals surface area (Å²) in [4.78, 5) is 29.8. The number of likely N-dealkylation sites (N-methyl/N-ethyl adjacent to an activating group) is 1. The van der Waals surface area contributed by atoms with Gasteiger partial charge in [-0.05, 0) is 81.8 Å². The van der Waals surface area contributed by atoms with Gasteiger partial charge in [-0.3, -0.25) is 9.59 Å². The molecule has 16 unspecified atom stereocenters. The molecule has 0 aliphatic carbocycles. The van der Waals surface area contributed by atoms with Crippen molar-refractivity contribution < 1.29 is 58.1 Å². The first-order valence-electron chi connectivity index (χ1n) is 18.2. The van der Waals surface area contributed by atoms with Crippen LogP contribution in [-0.4, -0.2) is 131 Å². The minimum atomic E-state index is -1.63. The molecular weight excluding hydrogens is 650 g/mol. The van der Waals surface area contributed by atoms with Crippen LogP contribution in [0.1, 0.15) is 94.9 Å². The van der Waals surface area contributed by atoms with Gasteiger partial charge >= 0.3 is 5.97 Å². The van der Waals surface area contributed by atoms with Gasteiger partial charge in [0.25, 0.3) is 0 Å². The highest BCUT2D eigenvalue weighted by atomic mass is 16.7. The van der Waals surface area contributed by atoms with E-state index in [9.17, 15) is 24.9 Å². The number of rotatable bonds is 7. The summed E-state index contributed by atoms with van der Waals surface area (Å²) in [5, 5.41) is 34.9. The van der Waals surface area contributed by atoms with E-state index in [2.05, 4.69) is 0 Å². The third-order valence-electron chi connectivity index (χ3n) is 11.7. The van der Waals surface area contributed by atoms with Crippen LogP contribution in [-0.2, 0) is 42.7 Å². The van der Waals surface area contributed by atoms with Gasteiger partial charge < -0.3 is 53.4 Å². The average molecular weight is 714 g/mol. The van der Waals surface area contributed by atoms with Crippen molar-refractivity contribution in [2.24, 2.45) is 17.8 Å². The van der Waals surface area contributed by atoms with Crippen molar-refractivity contribution in [2.75, 3.05) is 21.2 Å². The lowest BCUT2D eigenvalue weighted by molar-refractivity contribution is -0.317. The molecule has 2 bridgehead atoms. The fourth-order valence-corrected chi connectivity index (χ4v) is 8.59. The number of Topliss-reactive ketones (excluding diaryl/α,β-unsaturated/α-hetero) is 1. The van der Waals surface area contributed by atoms with Crippen molar-refractivity contribution in [3.63, 3.8) is 0 Å². The second-order valence-electron chi connectivity index (χ2n) is 16.1. The van der Waals surface area contributed by atoms with E-state index in [0.717, 1.165) is 0 Å². The maximum atomic E-state index is 14.2. The third kappa shape index (κ3) is 7.82. The lowest BCUT2D eigenvalue weighted by Crippen LogP contribution is -2.60. The second kappa shape index (κ2) is 15.4. The Morgan fingerprint density at radius 2 is 1.62 bits per heavy atom. The van der Waals surface area contributed by atoms with E-state index < -0.39 is 89.7 Å². The van der Waals surface area contributed by atoms with Gasteiger partial charge in [0.05, 0.1) is 41.5 Å². The van der Waals surface area contributed by atoms with E-state index in [1.807, 2.05) is 46.7 Å². The van der Waals surface area contributed by atoms with Crippen molar-refractivity contribution in [2.45, 2.75) is 173 Å². The summed E-state index contributed by atoms with van der Waals surface area (Å²) < 4.78 is 43.9. The molecule has 4 rings (SSSR count). The van der Waals surface area contributed by atoms with Gasteiger partial charge in [-0.1, -0.05) is 20.8 Å². The maximum absolute atomic E-state index is 14.2. The first-order valence-corrected chi connectivity index (χ1v) is 18.2. The Bertz CT molecular complexity index is 1260. The van der Waals surface area contributed by atoms with Crippen molar-refractivity contribution in [1.82, 2.24) is 4.90 Å². The number of esters is 1. The lowest BCUT2D eigenvalue weighted by atomic mass is 9.77. The van der Waals surface area contributed by atoms with Crippen LogP contribution >= 0.6 is 0 Å². The average Bonchev–Trinajstić information content (AvgIpc) is 3.28. The van der Waals surface area contributed by atoms with Gasteiger partial charge in [-0.2, -0.15) is 0 Å². The number of fused-ring (bicyclic) bond motifs is 2. The number of ketones is 1. The monoisotopic (exact) mass is 713 g/mol. The molecule has 0 amide bonds. The van der Waals surface area contributed by atoms with Gasteiger partial charge in [0.15, 0.2) is 12.6 Å². The largest absolute Gasteiger partial charge is 0.479 e. The predicted octanol–water partition coefficient (Wildman–Crippen LogP) is 3.10. The quantitative estimate of drug-likeness (QED) is 0.331. The summed E-state index contributed by atoms with van der Waals surface area (Å²) in [6.45, 7) is 17.6. The highest BCUT2D eigenvalue weighted by Crippen LogP contribution is 2.44. The Balaban J connectivity index is 1.83. The molecule has 0 aromatic heterocycles. The van der Waals surface area contributed by atoms with Crippen LogP contribution in [0.25, 0.3) is 0 Å². The summed E-state index contributed by atoms with van der Waals surface area (Å²) in [6, 6.07) is -0.275. The Hall–Kier alpha value is -1.68. The zero-order valence-corrected chi connectivity index (χ0v) is 32.3. The number of cyclic esters (lactones) is 1.